The van der Waals surface area contributed by atoms with E-state index in [1.54, 1.807) is 17.0 Å². The Labute approximate surface area is 212 Å². The van der Waals surface area contributed by atoms with E-state index in [1.165, 1.54) is 0 Å². The number of aliphatic hydroxyl groups is 1. The molecule has 0 fully saturated rings. The van der Waals surface area contributed by atoms with Gasteiger partial charge in [0.25, 0.3) is 5.91 Å². The maximum Gasteiger partial charge on any atom is 0.258 e. The van der Waals surface area contributed by atoms with Crippen LogP contribution in [0, 0.1) is 13.8 Å². The van der Waals surface area contributed by atoms with Gasteiger partial charge >= 0.3 is 0 Å². The van der Waals surface area contributed by atoms with Gasteiger partial charge in [-0.05, 0) is 94.1 Å². The van der Waals surface area contributed by atoms with Crippen molar-refractivity contribution in [3.05, 3.63) is 93.5 Å². The number of rotatable bonds is 4. The summed E-state index contributed by atoms with van der Waals surface area (Å²) in [6, 6.07) is 18.9. The molecule has 1 heterocycles. The number of benzene rings is 3. The molecule has 1 N–H and O–H groups in total. The van der Waals surface area contributed by atoms with Gasteiger partial charge in [-0.1, -0.05) is 29.8 Å². The Morgan fingerprint density at radius 2 is 1.83 bits per heavy atom. The van der Waals surface area contributed by atoms with Crippen LogP contribution in [0.3, 0.4) is 0 Å². The number of aryl methyl sites for hydroxylation is 2. The Morgan fingerprint density at radius 3 is 2.54 bits per heavy atom. The van der Waals surface area contributed by atoms with Gasteiger partial charge in [-0.15, -0.1) is 0 Å². The van der Waals surface area contributed by atoms with Crippen molar-refractivity contribution < 1.29 is 14.6 Å². The first-order chi connectivity index (χ1) is 16.7. The molecular weight excluding hydrogens is 460 g/mol. The van der Waals surface area contributed by atoms with Gasteiger partial charge in [-0.2, -0.15) is 0 Å². The van der Waals surface area contributed by atoms with Crippen molar-refractivity contribution in [3.8, 4) is 0 Å². The van der Waals surface area contributed by atoms with E-state index in [1.807, 2.05) is 76.2 Å². The molecule has 0 radical (unpaired) electrons. The number of aliphatic hydroxyl groups excluding tert-OH is 1. The number of carbonyl (C=O) groups is 1. The number of halogens is 1. The number of hydrogen-bond donors (Lipinski definition) is 1. The summed E-state index contributed by atoms with van der Waals surface area (Å²) in [7, 11) is 0. The fraction of sp³-hybridized carbons (Fsp3) is 0.310. The van der Waals surface area contributed by atoms with E-state index < -0.39 is 6.10 Å². The Kier molecular flexibility index (Phi) is 7.58. The normalized spacial score (nSPS) is 16.1. The van der Waals surface area contributed by atoms with Crippen molar-refractivity contribution in [1.82, 2.24) is 0 Å². The second-order valence-electron chi connectivity index (χ2n) is 9.22. The van der Waals surface area contributed by atoms with E-state index in [9.17, 15) is 9.90 Å². The average molecular weight is 491 g/mol. The molecule has 182 valence electrons. The van der Waals surface area contributed by atoms with Crippen molar-refractivity contribution in [2.75, 3.05) is 11.4 Å². The quantitative estimate of drug-likeness (QED) is 0.318. The largest absolute Gasteiger partial charge is 0.474 e. The number of ether oxygens (including phenoxy) is 1. The molecule has 35 heavy (non-hydrogen) atoms. The molecule has 5 nitrogen and oxygen atoms in total. The van der Waals surface area contributed by atoms with Gasteiger partial charge in [0.05, 0.1) is 17.9 Å². The van der Waals surface area contributed by atoms with Gasteiger partial charge in [0.15, 0.2) is 0 Å². The van der Waals surface area contributed by atoms with Crippen LogP contribution in [0.2, 0.25) is 5.02 Å². The molecule has 4 rings (SSSR count). The van der Waals surface area contributed by atoms with Crippen LogP contribution >= 0.6 is 11.6 Å². The topological polar surface area (TPSA) is 62.1 Å². The monoisotopic (exact) mass is 490 g/mol. The summed E-state index contributed by atoms with van der Waals surface area (Å²) in [5, 5.41) is 11.1. The molecule has 1 aliphatic heterocycles. The lowest BCUT2D eigenvalue weighted by molar-refractivity contribution is 0.0986. The van der Waals surface area contributed by atoms with Crippen molar-refractivity contribution in [2.24, 2.45) is 4.99 Å². The predicted octanol–water partition coefficient (Wildman–Crippen LogP) is 6.93. The summed E-state index contributed by atoms with van der Waals surface area (Å²) in [6.45, 7) is 8.43. The van der Waals surface area contributed by atoms with Crippen LogP contribution in [0.15, 0.2) is 65.7 Å². The van der Waals surface area contributed by atoms with Crippen LogP contribution in [0.5, 0.6) is 0 Å². The number of amides is 1. The number of hydrogen-bond acceptors (Lipinski definition) is 4. The first-order valence-electron chi connectivity index (χ1n) is 12.0. The first-order valence-corrected chi connectivity index (χ1v) is 12.3. The van der Waals surface area contributed by atoms with E-state index in [0.717, 1.165) is 22.4 Å². The van der Waals surface area contributed by atoms with Crippen molar-refractivity contribution in [1.29, 1.82) is 0 Å². The second kappa shape index (κ2) is 10.6. The van der Waals surface area contributed by atoms with Crippen molar-refractivity contribution in [3.63, 3.8) is 0 Å². The molecule has 1 aliphatic rings. The van der Waals surface area contributed by atoms with Crippen LogP contribution in [-0.4, -0.2) is 29.6 Å². The molecule has 0 saturated heterocycles. The predicted molar refractivity (Wildman–Crippen MR) is 142 cm³/mol. The molecule has 0 bridgehead atoms. The van der Waals surface area contributed by atoms with Gasteiger partial charge in [0, 0.05) is 33.9 Å². The highest BCUT2D eigenvalue weighted by atomic mass is 35.5. The lowest BCUT2D eigenvalue weighted by Gasteiger charge is -2.24. The Balaban J connectivity index is 1.68. The summed E-state index contributed by atoms with van der Waals surface area (Å²) >= 11 is 6.17. The molecule has 3 aromatic carbocycles. The van der Waals surface area contributed by atoms with Gasteiger partial charge < -0.3 is 14.7 Å². The minimum Gasteiger partial charge on any atom is -0.474 e. The van der Waals surface area contributed by atoms with Gasteiger partial charge in [-0.3, -0.25) is 4.79 Å². The SMILES string of the molecule is Cc1cc(N=C(OC(C)C)c2ccccc2C)ccc1C(=O)N1CCCC(O)c2cc(Cl)ccc21. The summed E-state index contributed by atoms with van der Waals surface area (Å²) in [5.41, 5.74) is 5.56. The lowest BCUT2D eigenvalue weighted by atomic mass is 10.0. The maximum absolute atomic E-state index is 13.6. The zero-order chi connectivity index (χ0) is 25.1. The first kappa shape index (κ1) is 25.0. The standard InChI is InChI=1S/C29H31ClN2O3/c1-18(2)35-28(23-9-6-5-8-19(23)3)31-22-12-13-24(20(4)16-22)29(34)32-15-7-10-27(33)25-17-21(30)11-14-26(25)32/h5-6,8-9,11-14,16-18,27,33H,7,10,15H2,1-4H3. The molecular formula is C29H31ClN2O3. The van der Waals surface area contributed by atoms with Crippen LogP contribution in [-0.2, 0) is 4.74 Å². The third-order valence-corrected chi connectivity index (χ3v) is 6.37. The zero-order valence-corrected chi connectivity index (χ0v) is 21.3. The van der Waals surface area contributed by atoms with E-state index in [2.05, 4.69) is 0 Å². The van der Waals surface area contributed by atoms with Crippen molar-refractivity contribution in [2.45, 2.75) is 52.7 Å². The highest BCUT2D eigenvalue weighted by Gasteiger charge is 2.27. The van der Waals surface area contributed by atoms with Crippen LogP contribution < -0.4 is 4.90 Å². The number of carbonyl (C=O) groups excluding carboxylic acids is 1. The third kappa shape index (κ3) is 5.58. The maximum atomic E-state index is 13.6. The molecule has 1 unspecified atom stereocenters. The Bertz CT molecular complexity index is 1270. The molecule has 1 amide bonds. The smallest absolute Gasteiger partial charge is 0.258 e. The fourth-order valence-electron chi connectivity index (χ4n) is 4.37. The van der Waals surface area contributed by atoms with Crippen LogP contribution in [0.25, 0.3) is 0 Å². The van der Waals surface area contributed by atoms with Gasteiger partial charge in [0.2, 0.25) is 5.90 Å². The lowest BCUT2D eigenvalue weighted by Crippen LogP contribution is -2.32. The number of aliphatic imine (C=N–C) groups is 1. The summed E-state index contributed by atoms with van der Waals surface area (Å²) in [6.07, 6.45) is 0.622. The van der Waals surface area contributed by atoms with Crippen LogP contribution in [0.1, 0.15) is 65.4 Å². The van der Waals surface area contributed by atoms with E-state index >= 15 is 0 Å². The average Bonchev–Trinajstić information content (AvgIpc) is 2.97. The summed E-state index contributed by atoms with van der Waals surface area (Å²) < 4.78 is 6.05. The van der Waals surface area contributed by atoms with E-state index in [4.69, 9.17) is 21.3 Å². The minimum absolute atomic E-state index is 0.0257. The summed E-state index contributed by atoms with van der Waals surface area (Å²) in [5.74, 6) is 0.456. The summed E-state index contributed by atoms with van der Waals surface area (Å²) in [4.78, 5) is 20.2. The fourth-order valence-corrected chi connectivity index (χ4v) is 4.55. The highest BCUT2D eigenvalue weighted by Crippen LogP contribution is 2.36. The molecule has 0 saturated carbocycles. The number of nitrogens with zero attached hydrogens (tertiary/aromatic N) is 2. The molecule has 3 aromatic rings. The molecule has 6 heteroatoms. The minimum atomic E-state index is -0.639. The number of anilines is 1. The van der Waals surface area contributed by atoms with Crippen molar-refractivity contribution >= 4 is 34.8 Å². The van der Waals surface area contributed by atoms with Crippen LogP contribution in [0.4, 0.5) is 11.4 Å². The van der Waals surface area contributed by atoms with E-state index in [-0.39, 0.29) is 12.0 Å². The third-order valence-electron chi connectivity index (χ3n) is 6.14. The van der Waals surface area contributed by atoms with E-state index in [0.29, 0.717) is 47.1 Å². The highest BCUT2D eigenvalue weighted by molar-refractivity contribution is 6.30. The van der Waals surface area contributed by atoms with Gasteiger partial charge in [0.1, 0.15) is 0 Å². The Morgan fingerprint density at radius 1 is 1.06 bits per heavy atom. The second-order valence-corrected chi connectivity index (χ2v) is 9.65. The molecule has 1 atom stereocenters. The zero-order valence-electron chi connectivity index (χ0n) is 20.6. The molecule has 0 aromatic heterocycles. The van der Waals surface area contributed by atoms with Gasteiger partial charge in [-0.25, -0.2) is 4.99 Å². The number of fused-ring (bicyclic) bond motifs is 1. The Hall–Kier alpha value is -3.15. The molecule has 0 spiro atoms. The molecule has 0 aliphatic carbocycles.